The summed E-state index contributed by atoms with van der Waals surface area (Å²) in [5, 5.41) is 0. The molecule has 6 nitrogen and oxygen atoms in total. The molecule has 8 heteroatoms. The van der Waals surface area contributed by atoms with Crippen LogP contribution in [0.1, 0.15) is 0 Å². The van der Waals surface area contributed by atoms with Gasteiger partial charge in [-0.05, 0) is 18.2 Å². The average molecular weight is 345 g/mol. The molecule has 0 N–H and O–H groups in total. The summed E-state index contributed by atoms with van der Waals surface area (Å²) in [6.07, 6.45) is 0. The van der Waals surface area contributed by atoms with E-state index in [4.69, 9.17) is 14.2 Å². The van der Waals surface area contributed by atoms with Crippen LogP contribution in [0.25, 0.3) is 0 Å². The van der Waals surface area contributed by atoms with Crippen LogP contribution in [0.5, 0.6) is 5.75 Å². The fourth-order valence-corrected chi connectivity index (χ4v) is 5.01. The molecule has 0 radical (unpaired) electrons. The lowest BCUT2D eigenvalue weighted by Gasteiger charge is -2.26. The van der Waals surface area contributed by atoms with Crippen molar-refractivity contribution >= 4 is 10.0 Å². The molecule has 1 aromatic rings. The molecule has 0 spiro atoms. The van der Waals surface area contributed by atoms with Crippen LogP contribution in [-0.4, -0.2) is 59.9 Å². The van der Waals surface area contributed by atoms with Crippen LogP contribution in [0.4, 0.5) is 4.39 Å². The first-order chi connectivity index (χ1) is 10.9. The van der Waals surface area contributed by atoms with Crippen molar-refractivity contribution in [2.75, 3.05) is 47.1 Å². The molecule has 2 heterocycles. The number of hydrogen-bond acceptors (Lipinski definition) is 5. The lowest BCUT2D eigenvalue weighted by Crippen LogP contribution is -2.37. The fraction of sp³-hybridized carbons (Fsp3) is 0.600. The molecule has 2 aliphatic rings. The molecule has 0 saturated carbocycles. The molecule has 0 bridgehead atoms. The van der Waals surface area contributed by atoms with Crippen molar-refractivity contribution < 1.29 is 27.0 Å². The maximum Gasteiger partial charge on any atom is 0.243 e. The summed E-state index contributed by atoms with van der Waals surface area (Å²) in [6, 6.07) is 3.69. The zero-order valence-electron chi connectivity index (χ0n) is 13.1. The number of nitrogens with zero attached hydrogens (tertiary/aromatic N) is 1. The van der Waals surface area contributed by atoms with Crippen LogP contribution in [0.2, 0.25) is 0 Å². The van der Waals surface area contributed by atoms with Gasteiger partial charge in [-0.3, -0.25) is 0 Å². The van der Waals surface area contributed by atoms with Crippen molar-refractivity contribution in [3.63, 3.8) is 0 Å². The fourth-order valence-electron chi connectivity index (χ4n) is 3.41. The Morgan fingerprint density at radius 3 is 2.87 bits per heavy atom. The Balaban J connectivity index is 1.88. The second-order valence-corrected chi connectivity index (χ2v) is 8.04. The minimum atomic E-state index is -3.76. The molecule has 2 fully saturated rings. The van der Waals surface area contributed by atoms with Crippen LogP contribution < -0.4 is 4.74 Å². The first kappa shape index (κ1) is 16.6. The highest BCUT2D eigenvalue weighted by Crippen LogP contribution is 2.43. The van der Waals surface area contributed by atoms with Crippen molar-refractivity contribution in [2.45, 2.75) is 4.90 Å². The molecular weight excluding hydrogens is 325 g/mol. The quantitative estimate of drug-likeness (QED) is 0.800. The average Bonchev–Trinajstić information content (AvgIpc) is 3.04. The first-order valence-corrected chi connectivity index (χ1v) is 8.77. The van der Waals surface area contributed by atoms with Gasteiger partial charge in [0.2, 0.25) is 10.0 Å². The Labute approximate surface area is 135 Å². The molecular formula is C15H20FNO5S. The van der Waals surface area contributed by atoms with Crippen LogP contribution in [0.3, 0.4) is 0 Å². The zero-order chi connectivity index (χ0) is 16.7. The largest absolute Gasteiger partial charge is 0.494 e. The highest BCUT2D eigenvalue weighted by Gasteiger charge is 2.53. The smallest absolute Gasteiger partial charge is 0.243 e. The number of hydrogen-bond donors (Lipinski definition) is 0. The van der Waals surface area contributed by atoms with Gasteiger partial charge in [0.15, 0.2) is 11.6 Å². The summed E-state index contributed by atoms with van der Waals surface area (Å²) in [5.74, 6) is -0.574. The zero-order valence-corrected chi connectivity index (χ0v) is 13.9. The summed E-state index contributed by atoms with van der Waals surface area (Å²) in [6.45, 7) is 2.13. The summed E-state index contributed by atoms with van der Waals surface area (Å²) in [5.41, 5.74) is -0.313. The monoisotopic (exact) mass is 345 g/mol. The number of rotatable bonds is 5. The van der Waals surface area contributed by atoms with Gasteiger partial charge in [0, 0.05) is 31.5 Å². The normalized spacial score (nSPS) is 28.0. The van der Waals surface area contributed by atoms with Crippen molar-refractivity contribution in [1.82, 2.24) is 4.31 Å². The minimum absolute atomic E-state index is 0.0199. The van der Waals surface area contributed by atoms with Crippen molar-refractivity contribution in [3.05, 3.63) is 24.0 Å². The molecule has 2 atom stereocenters. The van der Waals surface area contributed by atoms with Gasteiger partial charge in [0.05, 0.1) is 31.8 Å². The van der Waals surface area contributed by atoms with E-state index in [1.54, 1.807) is 7.11 Å². The van der Waals surface area contributed by atoms with Crippen LogP contribution in [0, 0.1) is 17.2 Å². The highest BCUT2D eigenvalue weighted by molar-refractivity contribution is 7.89. The summed E-state index contributed by atoms with van der Waals surface area (Å²) < 4.78 is 56.5. The van der Waals surface area contributed by atoms with Crippen LogP contribution in [0.15, 0.2) is 23.1 Å². The number of sulfonamides is 1. The number of ether oxygens (including phenoxy) is 3. The summed E-state index contributed by atoms with van der Waals surface area (Å²) in [7, 11) is -0.825. The van der Waals surface area contributed by atoms with Gasteiger partial charge in [-0.2, -0.15) is 4.31 Å². The molecule has 1 aromatic carbocycles. The third kappa shape index (κ3) is 2.73. The van der Waals surface area contributed by atoms with Crippen molar-refractivity contribution in [1.29, 1.82) is 0 Å². The molecule has 128 valence electrons. The van der Waals surface area contributed by atoms with Gasteiger partial charge < -0.3 is 14.2 Å². The van der Waals surface area contributed by atoms with Gasteiger partial charge in [0.1, 0.15) is 0 Å². The predicted molar refractivity (Wildman–Crippen MR) is 80.3 cm³/mol. The summed E-state index contributed by atoms with van der Waals surface area (Å²) in [4.78, 5) is -0.0655. The Bertz CT molecular complexity index is 695. The van der Waals surface area contributed by atoms with E-state index in [0.717, 1.165) is 6.07 Å². The van der Waals surface area contributed by atoms with E-state index < -0.39 is 15.8 Å². The van der Waals surface area contributed by atoms with Gasteiger partial charge in [-0.25, -0.2) is 12.8 Å². The Morgan fingerprint density at radius 1 is 1.43 bits per heavy atom. The van der Waals surface area contributed by atoms with E-state index >= 15 is 0 Å². The molecule has 2 saturated heterocycles. The highest BCUT2D eigenvalue weighted by atomic mass is 32.2. The van der Waals surface area contributed by atoms with Gasteiger partial charge >= 0.3 is 0 Å². The van der Waals surface area contributed by atoms with E-state index in [0.29, 0.717) is 32.9 Å². The molecule has 0 aromatic heterocycles. The summed E-state index contributed by atoms with van der Waals surface area (Å²) >= 11 is 0. The van der Waals surface area contributed by atoms with Crippen molar-refractivity contribution in [2.24, 2.45) is 11.3 Å². The van der Waals surface area contributed by atoms with Crippen LogP contribution in [-0.2, 0) is 19.5 Å². The molecule has 2 aliphatic heterocycles. The Morgan fingerprint density at radius 2 is 2.22 bits per heavy atom. The standard InChI is InChI=1S/C15H20FNO5S/c1-20-9-15-8-17(6-11(15)7-22-10-15)23(18,19)12-3-4-14(21-2)13(16)5-12/h3-5,11H,6-10H2,1-2H3/t11-,15-/m0/s1. The Hall–Kier alpha value is -1.22. The minimum Gasteiger partial charge on any atom is -0.494 e. The number of halogens is 1. The van der Waals surface area contributed by atoms with E-state index in [9.17, 15) is 12.8 Å². The molecule has 0 aliphatic carbocycles. The second kappa shape index (κ2) is 6.01. The third-order valence-electron chi connectivity index (χ3n) is 4.68. The van der Waals surface area contributed by atoms with E-state index in [2.05, 4.69) is 0 Å². The molecule has 3 rings (SSSR count). The van der Waals surface area contributed by atoms with Gasteiger partial charge in [0.25, 0.3) is 0 Å². The van der Waals surface area contributed by atoms with Gasteiger partial charge in [-0.1, -0.05) is 0 Å². The first-order valence-electron chi connectivity index (χ1n) is 7.33. The second-order valence-electron chi connectivity index (χ2n) is 6.10. The third-order valence-corrected chi connectivity index (χ3v) is 6.49. The van der Waals surface area contributed by atoms with E-state index in [1.807, 2.05) is 0 Å². The number of fused-ring (bicyclic) bond motifs is 1. The number of methoxy groups -OCH3 is 2. The lowest BCUT2D eigenvalue weighted by atomic mass is 9.82. The maximum atomic E-state index is 13.8. The number of benzene rings is 1. The van der Waals surface area contributed by atoms with E-state index in [1.165, 1.54) is 23.5 Å². The predicted octanol–water partition coefficient (Wildman–Crippen LogP) is 1.12. The SMILES string of the molecule is COC[C@@]12COC[C@@H]1CN(S(=O)(=O)c1ccc(OC)c(F)c1)C2. The molecule has 0 amide bonds. The topological polar surface area (TPSA) is 65.1 Å². The van der Waals surface area contributed by atoms with Crippen molar-refractivity contribution in [3.8, 4) is 5.75 Å². The Kier molecular flexibility index (Phi) is 4.35. The molecule has 0 unspecified atom stereocenters. The van der Waals surface area contributed by atoms with E-state index in [-0.39, 0.29) is 22.0 Å². The lowest BCUT2D eigenvalue weighted by molar-refractivity contribution is 0.0601. The molecule has 23 heavy (non-hydrogen) atoms. The van der Waals surface area contributed by atoms with Gasteiger partial charge in [-0.15, -0.1) is 0 Å². The maximum absolute atomic E-state index is 13.8. The van der Waals surface area contributed by atoms with Crippen LogP contribution >= 0.6 is 0 Å².